The average molecular weight is 452 g/mol. The van der Waals surface area contributed by atoms with Gasteiger partial charge in [-0.3, -0.25) is 4.72 Å². The predicted molar refractivity (Wildman–Crippen MR) is 96.7 cm³/mol. The molecule has 3 rings (SSSR count). The van der Waals surface area contributed by atoms with Crippen LogP contribution in [0.5, 0.6) is 5.75 Å². The van der Waals surface area contributed by atoms with Gasteiger partial charge in [0.25, 0.3) is 10.0 Å². The van der Waals surface area contributed by atoms with E-state index in [0.717, 1.165) is 41.9 Å². The topological polar surface area (TPSA) is 102 Å². The van der Waals surface area contributed by atoms with Crippen molar-refractivity contribution >= 4 is 46.5 Å². The SMILES string of the molecule is CS(=O)(=O)c1ccc2nc(NS(=O)(=O)c3ccc(OC(F)(F)F)cc3)sc2c1. The van der Waals surface area contributed by atoms with Crippen LogP contribution in [0.2, 0.25) is 0 Å². The molecule has 0 fully saturated rings. The van der Waals surface area contributed by atoms with Gasteiger partial charge in [0.2, 0.25) is 0 Å². The fourth-order valence-corrected chi connectivity index (χ4v) is 5.04. The maximum absolute atomic E-state index is 12.4. The van der Waals surface area contributed by atoms with Gasteiger partial charge in [0.15, 0.2) is 15.0 Å². The van der Waals surface area contributed by atoms with E-state index >= 15 is 0 Å². The quantitative estimate of drug-likeness (QED) is 0.637. The van der Waals surface area contributed by atoms with Crippen LogP contribution in [0.3, 0.4) is 0 Å². The van der Waals surface area contributed by atoms with Gasteiger partial charge in [0.1, 0.15) is 5.75 Å². The molecule has 0 saturated heterocycles. The van der Waals surface area contributed by atoms with Crippen molar-refractivity contribution in [3.8, 4) is 5.75 Å². The molecule has 13 heteroatoms. The Balaban J connectivity index is 1.85. The van der Waals surface area contributed by atoms with Gasteiger partial charge in [-0.25, -0.2) is 21.8 Å². The number of sulfone groups is 1. The van der Waals surface area contributed by atoms with Gasteiger partial charge in [-0.15, -0.1) is 13.2 Å². The summed E-state index contributed by atoms with van der Waals surface area (Å²) in [7, 11) is -7.55. The summed E-state index contributed by atoms with van der Waals surface area (Å²) in [6.45, 7) is 0. The Hall–Kier alpha value is -2.38. The second kappa shape index (κ2) is 6.90. The Kier molecular flexibility index (Phi) is 5.02. The summed E-state index contributed by atoms with van der Waals surface area (Å²) in [5.74, 6) is -0.556. The zero-order valence-electron chi connectivity index (χ0n) is 13.9. The molecule has 28 heavy (non-hydrogen) atoms. The van der Waals surface area contributed by atoms with E-state index in [2.05, 4.69) is 14.4 Å². The third kappa shape index (κ3) is 4.72. The largest absolute Gasteiger partial charge is 0.573 e. The van der Waals surface area contributed by atoms with E-state index in [1.807, 2.05) is 0 Å². The molecule has 0 spiro atoms. The summed E-state index contributed by atoms with van der Waals surface area (Å²) >= 11 is 0.921. The number of rotatable bonds is 5. The van der Waals surface area contributed by atoms with Crippen molar-refractivity contribution in [2.45, 2.75) is 16.2 Å². The summed E-state index contributed by atoms with van der Waals surface area (Å²) < 4.78 is 90.9. The minimum absolute atomic E-state index is 0.0173. The lowest BCUT2D eigenvalue weighted by atomic mass is 10.3. The number of ether oxygens (including phenoxy) is 1. The third-order valence-electron chi connectivity index (χ3n) is 3.38. The first-order chi connectivity index (χ1) is 12.8. The average Bonchev–Trinajstić information content (AvgIpc) is 2.93. The normalized spacial score (nSPS) is 12.9. The highest BCUT2D eigenvalue weighted by molar-refractivity contribution is 7.93. The molecule has 7 nitrogen and oxygen atoms in total. The molecule has 0 amide bonds. The smallest absolute Gasteiger partial charge is 0.406 e. The Morgan fingerprint density at radius 1 is 1.00 bits per heavy atom. The fourth-order valence-electron chi connectivity index (χ4n) is 2.17. The van der Waals surface area contributed by atoms with Crippen molar-refractivity contribution in [3.05, 3.63) is 42.5 Å². The molecule has 1 aromatic heterocycles. The van der Waals surface area contributed by atoms with Crippen molar-refractivity contribution in [1.82, 2.24) is 4.98 Å². The van der Waals surface area contributed by atoms with Crippen LogP contribution >= 0.6 is 11.3 Å². The Morgan fingerprint density at radius 3 is 2.18 bits per heavy atom. The van der Waals surface area contributed by atoms with Crippen LogP contribution in [-0.2, 0) is 19.9 Å². The number of thiazole rings is 1. The lowest BCUT2D eigenvalue weighted by Crippen LogP contribution is -2.17. The van der Waals surface area contributed by atoms with Crippen LogP contribution in [0.4, 0.5) is 18.3 Å². The molecule has 1 N–H and O–H groups in total. The predicted octanol–water partition coefficient (Wildman–Crippen LogP) is 3.40. The van der Waals surface area contributed by atoms with Crippen molar-refractivity contribution < 1.29 is 34.7 Å². The molecular weight excluding hydrogens is 441 g/mol. The number of nitrogens with one attached hydrogen (secondary N) is 1. The van der Waals surface area contributed by atoms with Gasteiger partial charge < -0.3 is 4.74 Å². The van der Waals surface area contributed by atoms with E-state index in [9.17, 15) is 30.0 Å². The van der Waals surface area contributed by atoms with Gasteiger partial charge >= 0.3 is 6.36 Å². The number of sulfonamides is 1. The number of nitrogens with zero attached hydrogens (tertiary/aromatic N) is 1. The van der Waals surface area contributed by atoms with Gasteiger partial charge in [-0.05, 0) is 42.5 Å². The monoisotopic (exact) mass is 452 g/mol. The number of halogens is 3. The summed E-state index contributed by atoms with van der Waals surface area (Å²) in [6, 6.07) is 7.84. The fraction of sp³-hybridized carbons (Fsp3) is 0.133. The Bertz CT molecular complexity index is 1230. The summed E-state index contributed by atoms with van der Waals surface area (Å²) in [5, 5.41) is -0.0173. The van der Waals surface area contributed by atoms with Crippen molar-refractivity contribution in [2.24, 2.45) is 0 Å². The second-order valence-corrected chi connectivity index (χ2v) is 10.3. The first-order valence-corrected chi connectivity index (χ1v) is 11.5. The molecule has 1 heterocycles. The van der Waals surface area contributed by atoms with Crippen LogP contribution in [0.25, 0.3) is 10.2 Å². The second-order valence-electron chi connectivity index (χ2n) is 5.55. The van der Waals surface area contributed by atoms with E-state index in [-0.39, 0.29) is 14.9 Å². The van der Waals surface area contributed by atoms with E-state index in [1.54, 1.807) is 0 Å². The molecular formula is C15H11F3N2O5S3. The maximum atomic E-state index is 12.4. The maximum Gasteiger partial charge on any atom is 0.573 e. The molecule has 0 aliphatic rings. The molecule has 3 aromatic rings. The van der Waals surface area contributed by atoms with Crippen LogP contribution in [0.15, 0.2) is 52.3 Å². The zero-order chi connectivity index (χ0) is 20.7. The van der Waals surface area contributed by atoms with Crippen molar-refractivity contribution in [3.63, 3.8) is 0 Å². The standard InChI is InChI=1S/C15H11F3N2O5S3/c1-27(21,22)11-6-7-12-13(8-11)26-14(19-12)20-28(23,24)10-4-2-9(3-5-10)25-15(16,17)18/h2-8H,1H3,(H,19,20). The van der Waals surface area contributed by atoms with Crippen molar-refractivity contribution in [2.75, 3.05) is 11.0 Å². The number of hydrogen-bond donors (Lipinski definition) is 1. The molecule has 0 bridgehead atoms. The van der Waals surface area contributed by atoms with Crippen LogP contribution in [0, 0.1) is 0 Å². The Labute approximate surface area is 161 Å². The van der Waals surface area contributed by atoms with Crippen LogP contribution in [-0.4, -0.2) is 34.4 Å². The highest BCUT2D eigenvalue weighted by Crippen LogP contribution is 2.30. The van der Waals surface area contributed by atoms with Crippen LogP contribution in [0.1, 0.15) is 0 Å². The summed E-state index contributed by atoms with van der Waals surface area (Å²) in [6.07, 6.45) is -3.84. The van der Waals surface area contributed by atoms with E-state index in [4.69, 9.17) is 0 Å². The first kappa shape index (κ1) is 20.4. The highest BCUT2D eigenvalue weighted by atomic mass is 32.2. The lowest BCUT2D eigenvalue weighted by molar-refractivity contribution is -0.274. The molecule has 2 aromatic carbocycles. The summed E-state index contributed by atoms with van der Waals surface area (Å²) in [4.78, 5) is 3.85. The minimum Gasteiger partial charge on any atom is -0.406 e. The number of fused-ring (bicyclic) bond motifs is 1. The van der Waals surface area contributed by atoms with E-state index in [1.165, 1.54) is 18.2 Å². The number of anilines is 1. The molecule has 0 saturated carbocycles. The minimum atomic E-state index is -4.88. The van der Waals surface area contributed by atoms with Gasteiger partial charge in [-0.1, -0.05) is 11.3 Å². The number of hydrogen-bond acceptors (Lipinski definition) is 7. The number of benzene rings is 2. The summed E-state index contributed by atoms with van der Waals surface area (Å²) in [5.41, 5.74) is 0.393. The van der Waals surface area contributed by atoms with Crippen LogP contribution < -0.4 is 9.46 Å². The molecule has 150 valence electrons. The molecule has 0 unspecified atom stereocenters. The molecule has 0 aliphatic heterocycles. The zero-order valence-corrected chi connectivity index (χ0v) is 16.3. The number of alkyl halides is 3. The third-order valence-corrected chi connectivity index (χ3v) is 6.91. The lowest BCUT2D eigenvalue weighted by Gasteiger charge is -2.09. The number of aromatic nitrogens is 1. The van der Waals surface area contributed by atoms with Gasteiger partial charge in [0, 0.05) is 6.26 Å². The highest BCUT2D eigenvalue weighted by Gasteiger charge is 2.31. The first-order valence-electron chi connectivity index (χ1n) is 7.33. The Morgan fingerprint density at radius 2 is 1.61 bits per heavy atom. The van der Waals surface area contributed by atoms with Gasteiger partial charge in [-0.2, -0.15) is 0 Å². The molecule has 0 radical (unpaired) electrons. The van der Waals surface area contributed by atoms with E-state index in [0.29, 0.717) is 10.2 Å². The van der Waals surface area contributed by atoms with E-state index < -0.39 is 32.0 Å². The molecule has 0 aliphatic carbocycles. The molecule has 0 atom stereocenters. The van der Waals surface area contributed by atoms with Gasteiger partial charge in [0.05, 0.1) is 20.0 Å². The van der Waals surface area contributed by atoms with Crippen molar-refractivity contribution in [1.29, 1.82) is 0 Å².